The van der Waals surface area contributed by atoms with Crippen molar-refractivity contribution in [1.82, 2.24) is 10.2 Å². The van der Waals surface area contributed by atoms with Crippen molar-refractivity contribution < 1.29 is 13.9 Å². The fourth-order valence-corrected chi connectivity index (χ4v) is 2.74. The maximum atomic E-state index is 13.9. The summed E-state index contributed by atoms with van der Waals surface area (Å²) >= 11 is 0. The zero-order valence-corrected chi connectivity index (χ0v) is 11.5. The van der Waals surface area contributed by atoms with Crippen molar-refractivity contribution in [3.05, 3.63) is 0 Å². The molecule has 18 heavy (non-hydrogen) atoms. The van der Waals surface area contributed by atoms with E-state index in [1.54, 1.807) is 4.90 Å². The minimum Gasteiger partial charge on any atom is -0.444 e. The SMILES string of the molecule is CC(C)(C)OC(=O)N1CCC2(CC1)NCCC2F. The molecule has 1 unspecified atom stereocenters. The number of piperidine rings is 1. The van der Waals surface area contributed by atoms with Crippen LogP contribution in [-0.4, -0.2) is 47.9 Å². The predicted molar refractivity (Wildman–Crippen MR) is 67.3 cm³/mol. The van der Waals surface area contributed by atoms with Crippen LogP contribution in [0.5, 0.6) is 0 Å². The van der Waals surface area contributed by atoms with Gasteiger partial charge in [0, 0.05) is 13.1 Å². The molecule has 1 amide bonds. The van der Waals surface area contributed by atoms with Gasteiger partial charge in [0.25, 0.3) is 0 Å². The Morgan fingerprint density at radius 3 is 2.44 bits per heavy atom. The standard InChI is InChI=1S/C13H23FN2O2/c1-12(2,3)18-11(17)16-8-5-13(6-9-16)10(14)4-7-15-13/h10,15H,4-9H2,1-3H3. The van der Waals surface area contributed by atoms with Crippen LogP contribution in [0.4, 0.5) is 9.18 Å². The van der Waals surface area contributed by atoms with Crippen LogP contribution in [0.1, 0.15) is 40.0 Å². The number of likely N-dealkylation sites (tertiary alicyclic amines) is 1. The van der Waals surface area contributed by atoms with E-state index in [0.717, 1.165) is 6.54 Å². The number of rotatable bonds is 0. The van der Waals surface area contributed by atoms with E-state index in [4.69, 9.17) is 4.74 Å². The molecule has 2 saturated heterocycles. The van der Waals surface area contributed by atoms with Gasteiger partial charge in [-0.15, -0.1) is 0 Å². The van der Waals surface area contributed by atoms with Crippen LogP contribution in [0.3, 0.4) is 0 Å². The molecule has 2 fully saturated rings. The van der Waals surface area contributed by atoms with Gasteiger partial charge in [-0.1, -0.05) is 0 Å². The largest absolute Gasteiger partial charge is 0.444 e. The Bertz CT molecular complexity index is 319. The normalized spacial score (nSPS) is 27.6. The number of carbonyl (C=O) groups is 1. The van der Waals surface area contributed by atoms with Crippen LogP contribution < -0.4 is 5.32 Å². The van der Waals surface area contributed by atoms with Crippen LogP contribution in [0.25, 0.3) is 0 Å². The molecule has 1 atom stereocenters. The van der Waals surface area contributed by atoms with Crippen LogP contribution in [0.15, 0.2) is 0 Å². The van der Waals surface area contributed by atoms with Crippen molar-refractivity contribution in [3.63, 3.8) is 0 Å². The quantitative estimate of drug-likeness (QED) is 0.723. The lowest BCUT2D eigenvalue weighted by Crippen LogP contribution is -2.55. The summed E-state index contributed by atoms with van der Waals surface area (Å²) in [5.74, 6) is 0. The summed E-state index contributed by atoms with van der Waals surface area (Å²) in [6, 6.07) is 0. The monoisotopic (exact) mass is 258 g/mol. The molecule has 5 heteroatoms. The zero-order valence-electron chi connectivity index (χ0n) is 11.5. The van der Waals surface area contributed by atoms with Gasteiger partial charge in [0.2, 0.25) is 0 Å². The molecule has 0 bridgehead atoms. The van der Waals surface area contributed by atoms with E-state index < -0.39 is 17.3 Å². The summed E-state index contributed by atoms with van der Waals surface area (Å²) < 4.78 is 19.2. The van der Waals surface area contributed by atoms with Gasteiger partial charge in [-0.2, -0.15) is 0 Å². The molecule has 4 nitrogen and oxygen atoms in total. The molecule has 1 N–H and O–H groups in total. The Hall–Kier alpha value is -0.840. The van der Waals surface area contributed by atoms with Gasteiger partial charge in [0.1, 0.15) is 11.8 Å². The number of hydrogen-bond acceptors (Lipinski definition) is 3. The van der Waals surface area contributed by atoms with Crippen LogP contribution in [0, 0.1) is 0 Å². The second-order valence-electron chi connectivity index (χ2n) is 6.31. The van der Waals surface area contributed by atoms with Gasteiger partial charge >= 0.3 is 6.09 Å². The number of alkyl halides is 1. The van der Waals surface area contributed by atoms with E-state index in [1.165, 1.54) is 0 Å². The Morgan fingerprint density at radius 2 is 2.00 bits per heavy atom. The first kappa shape index (κ1) is 13.6. The summed E-state index contributed by atoms with van der Waals surface area (Å²) in [5.41, 5.74) is -0.862. The first-order valence-electron chi connectivity index (χ1n) is 6.69. The predicted octanol–water partition coefficient (Wildman–Crippen LogP) is 2.09. The Morgan fingerprint density at radius 1 is 1.39 bits per heavy atom. The van der Waals surface area contributed by atoms with Crippen LogP contribution >= 0.6 is 0 Å². The van der Waals surface area contributed by atoms with Crippen molar-refractivity contribution in [2.75, 3.05) is 19.6 Å². The van der Waals surface area contributed by atoms with Crippen molar-refractivity contribution in [2.24, 2.45) is 0 Å². The number of hydrogen-bond donors (Lipinski definition) is 1. The summed E-state index contributed by atoms with van der Waals surface area (Å²) in [5, 5.41) is 3.28. The third-order valence-corrected chi connectivity index (χ3v) is 3.78. The van der Waals surface area contributed by atoms with E-state index in [-0.39, 0.29) is 6.09 Å². The summed E-state index contributed by atoms with van der Waals surface area (Å²) in [7, 11) is 0. The maximum absolute atomic E-state index is 13.9. The van der Waals surface area contributed by atoms with E-state index in [9.17, 15) is 9.18 Å². The van der Waals surface area contributed by atoms with Crippen LogP contribution in [0.2, 0.25) is 0 Å². The van der Waals surface area contributed by atoms with Crippen molar-refractivity contribution in [1.29, 1.82) is 0 Å². The average molecular weight is 258 g/mol. The molecule has 0 aromatic heterocycles. The summed E-state index contributed by atoms with van der Waals surface area (Å²) in [4.78, 5) is 13.6. The summed E-state index contributed by atoms with van der Waals surface area (Å²) in [6.45, 7) is 7.45. The third-order valence-electron chi connectivity index (χ3n) is 3.78. The highest BCUT2D eigenvalue weighted by Gasteiger charge is 2.46. The molecule has 2 rings (SSSR count). The van der Waals surface area contributed by atoms with E-state index in [1.807, 2.05) is 20.8 Å². The fourth-order valence-electron chi connectivity index (χ4n) is 2.74. The molecule has 0 aliphatic carbocycles. The molecule has 2 heterocycles. The molecule has 0 aromatic carbocycles. The fraction of sp³-hybridized carbons (Fsp3) is 0.923. The lowest BCUT2D eigenvalue weighted by Gasteiger charge is -2.40. The second-order valence-corrected chi connectivity index (χ2v) is 6.31. The zero-order chi connectivity index (χ0) is 13.4. The van der Waals surface area contributed by atoms with E-state index in [2.05, 4.69) is 5.32 Å². The highest BCUT2D eigenvalue weighted by molar-refractivity contribution is 5.68. The first-order valence-corrected chi connectivity index (χ1v) is 6.69. The summed E-state index contributed by atoms with van der Waals surface area (Å²) in [6.07, 6.45) is 0.872. The topological polar surface area (TPSA) is 41.6 Å². The third kappa shape index (κ3) is 2.76. The lowest BCUT2D eigenvalue weighted by molar-refractivity contribution is 0.0110. The number of ether oxygens (including phenoxy) is 1. The Kier molecular flexibility index (Phi) is 3.54. The Balaban J connectivity index is 1.89. The molecular formula is C13H23FN2O2. The number of nitrogens with zero attached hydrogens (tertiary/aromatic N) is 1. The minimum atomic E-state index is -0.779. The van der Waals surface area contributed by atoms with Gasteiger partial charge in [-0.3, -0.25) is 0 Å². The van der Waals surface area contributed by atoms with Gasteiger partial charge in [-0.25, -0.2) is 9.18 Å². The average Bonchev–Trinajstić information content (AvgIpc) is 2.59. The first-order chi connectivity index (χ1) is 8.32. The lowest BCUT2D eigenvalue weighted by atomic mass is 9.85. The van der Waals surface area contributed by atoms with E-state index >= 15 is 0 Å². The molecule has 0 aromatic rings. The Labute approximate surface area is 108 Å². The highest BCUT2D eigenvalue weighted by atomic mass is 19.1. The molecule has 2 aliphatic heterocycles. The molecule has 0 radical (unpaired) electrons. The molecule has 104 valence electrons. The number of carbonyl (C=O) groups excluding carboxylic acids is 1. The highest BCUT2D eigenvalue weighted by Crippen LogP contribution is 2.33. The van der Waals surface area contributed by atoms with Crippen molar-refractivity contribution >= 4 is 6.09 Å². The smallest absolute Gasteiger partial charge is 0.410 e. The minimum absolute atomic E-state index is 0.286. The molecule has 1 spiro atoms. The van der Waals surface area contributed by atoms with Gasteiger partial charge < -0.3 is 15.0 Å². The maximum Gasteiger partial charge on any atom is 0.410 e. The van der Waals surface area contributed by atoms with Gasteiger partial charge in [0.05, 0.1) is 5.54 Å². The second kappa shape index (κ2) is 4.68. The molecule has 2 aliphatic rings. The number of halogens is 1. The van der Waals surface area contributed by atoms with E-state index in [0.29, 0.717) is 32.4 Å². The molecular weight excluding hydrogens is 235 g/mol. The molecule has 0 saturated carbocycles. The van der Waals surface area contributed by atoms with Crippen molar-refractivity contribution in [2.45, 2.75) is 57.3 Å². The number of amides is 1. The number of nitrogens with one attached hydrogen (secondary N) is 1. The van der Waals surface area contributed by atoms with Crippen LogP contribution in [-0.2, 0) is 4.74 Å². The van der Waals surface area contributed by atoms with Gasteiger partial charge in [-0.05, 0) is 46.6 Å². The van der Waals surface area contributed by atoms with Gasteiger partial charge in [0.15, 0.2) is 0 Å². The van der Waals surface area contributed by atoms with Crippen molar-refractivity contribution in [3.8, 4) is 0 Å².